The van der Waals surface area contributed by atoms with Crippen LogP contribution in [0.2, 0.25) is 0 Å². The molecule has 102 valence electrons. The van der Waals surface area contributed by atoms with Crippen molar-refractivity contribution in [3.63, 3.8) is 0 Å². The number of ether oxygens (including phenoxy) is 1. The lowest BCUT2D eigenvalue weighted by molar-refractivity contribution is -0.138. The van der Waals surface area contributed by atoms with Crippen molar-refractivity contribution in [3.05, 3.63) is 0 Å². The zero-order valence-corrected chi connectivity index (χ0v) is 10.5. The van der Waals surface area contributed by atoms with Gasteiger partial charge in [-0.1, -0.05) is 5.92 Å². The molecule has 8 nitrogen and oxygen atoms in total. The van der Waals surface area contributed by atoms with Gasteiger partial charge in [0, 0.05) is 0 Å². The first-order valence-corrected chi connectivity index (χ1v) is 5.36. The van der Waals surface area contributed by atoms with Crippen molar-refractivity contribution in [2.45, 2.75) is 24.3 Å². The number of amides is 1. The number of aliphatic hydroxyl groups excluding tert-OH is 1. The Labute approximate surface area is 105 Å². The van der Waals surface area contributed by atoms with Crippen molar-refractivity contribution < 1.29 is 19.7 Å². The van der Waals surface area contributed by atoms with E-state index in [0.29, 0.717) is 0 Å². The molecule has 0 bridgehead atoms. The maximum Gasteiger partial charge on any atom is 0.412 e. The van der Waals surface area contributed by atoms with Crippen molar-refractivity contribution >= 4 is 6.09 Å². The molecule has 0 spiro atoms. The summed E-state index contributed by atoms with van der Waals surface area (Å²) in [5.74, 6) is 0.675. The van der Waals surface area contributed by atoms with Crippen molar-refractivity contribution in [1.82, 2.24) is 20.9 Å². The van der Waals surface area contributed by atoms with Gasteiger partial charge in [-0.3, -0.25) is 16.0 Å². The first-order valence-electron chi connectivity index (χ1n) is 5.36. The van der Waals surface area contributed by atoms with E-state index in [9.17, 15) is 15.0 Å². The molecule has 5 N–H and O–H groups in total. The maximum absolute atomic E-state index is 11.4. The summed E-state index contributed by atoms with van der Waals surface area (Å²) in [6, 6.07) is -0.933. The third-order valence-electron chi connectivity index (χ3n) is 2.91. The molecule has 0 aromatic carbocycles. The van der Waals surface area contributed by atoms with Gasteiger partial charge in [0.2, 0.25) is 0 Å². The zero-order chi connectivity index (χ0) is 13.9. The molecule has 0 aromatic heterocycles. The molecule has 18 heavy (non-hydrogen) atoms. The second-order valence-electron chi connectivity index (χ2n) is 3.73. The van der Waals surface area contributed by atoms with Gasteiger partial charge in [-0.05, 0) is 21.1 Å². The summed E-state index contributed by atoms with van der Waals surface area (Å²) in [5, 5.41) is 27.3. The fourth-order valence-electron chi connectivity index (χ4n) is 2.04. The average molecular weight is 258 g/mol. The quantitative estimate of drug-likeness (QED) is 0.292. The first kappa shape index (κ1) is 14.7. The minimum atomic E-state index is -1.44. The number of carboxylic acid groups (broad SMARTS) is 1. The number of likely N-dealkylation sites (N-methyl/N-ethyl adjacent to an activating group) is 1. The van der Waals surface area contributed by atoms with Gasteiger partial charge in [0.15, 0.2) is 0 Å². The molecule has 0 aromatic rings. The number of carbonyl (C=O) groups is 1. The maximum atomic E-state index is 11.4. The van der Waals surface area contributed by atoms with E-state index in [1.807, 2.05) is 0 Å². The van der Waals surface area contributed by atoms with Crippen LogP contribution in [0.3, 0.4) is 0 Å². The van der Waals surface area contributed by atoms with E-state index >= 15 is 0 Å². The number of nitrogens with one attached hydrogen (secondary N) is 3. The molecular weight excluding hydrogens is 240 g/mol. The fraction of sp³-hybridized carbons (Fsp3) is 0.700. The smallest absolute Gasteiger partial charge is 0.412 e. The lowest BCUT2D eigenvalue weighted by atomic mass is 10.1. The summed E-state index contributed by atoms with van der Waals surface area (Å²) in [6.07, 6.45) is 1.86. The number of hydrogen-bond donors (Lipinski definition) is 5. The molecule has 1 rings (SSSR count). The van der Waals surface area contributed by atoms with E-state index in [-0.39, 0.29) is 0 Å². The van der Waals surface area contributed by atoms with Crippen LogP contribution < -0.4 is 16.0 Å². The second kappa shape index (κ2) is 5.51. The summed E-state index contributed by atoms with van der Waals surface area (Å²) >= 11 is 0. The van der Waals surface area contributed by atoms with Gasteiger partial charge in [-0.15, -0.1) is 6.42 Å². The van der Waals surface area contributed by atoms with E-state index < -0.39 is 30.4 Å². The van der Waals surface area contributed by atoms with Crippen LogP contribution in [-0.4, -0.2) is 66.7 Å². The lowest BCUT2D eigenvalue weighted by Crippen LogP contribution is -2.67. The molecule has 1 aliphatic heterocycles. The number of hydrogen-bond acceptors (Lipinski definition) is 6. The normalized spacial score (nSPS) is 27.8. The molecule has 0 aliphatic carbocycles. The van der Waals surface area contributed by atoms with Crippen molar-refractivity contribution in [1.29, 1.82) is 0 Å². The zero-order valence-electron chi connectivity index (χ0n) is 10.5. The monoisotopic (exact) mass is 258 g/mol. The van der Waals surface area contributed by atoms with Crippen LogP contribution >= 0.6 is 0 Å². The molecule has 0 radical (unpaired) electrons. The average Bonchev–Trinajstić information content (AvgIpc) is 2.72. The molecule has 3 atom stereocenters. The second-order valence-corrected chi connectivity index (χ2v) is 3.73. The van der Waals surface area contributed by atoms with E-state index in [1.54, 1.807) is 7.05 Å². The fourth-order valence-corrected chi connectivity index (χ4v) is 2.04. The number of terminal acetylenes is 1. The van der Waals surface area contributed by atoms with Crippen LogP contribution in [0.5, 0.6) is 0 Å². The van der Waals surface area contributed by atoms with E-state index in [0.717, 1.165) is 4.90 Å². The van der Waals surface area contributed by atoms with Gasteiger partial charge < -0.3 is 14.9 Å². The highest BCUT2D eigenvalue weighted by atomic mass is 16.6. The Hall–Kier alpha value is -1.37. The summed E-state index contributed by atoms with van der Waals surface area (Å²) in [5.41, 5.74) is 0. The predicted molar refractivity (Wildman–Crippen MR) is 63.3 cm³/mol. The van der Waals surface area contributed by atoms with Crippen molar-refractivity contribution in [2.75, 3.05) is 21.1 Å². The van der Waals surface area contributed by atoms with E-state index in [1.165, 1.54) is 14.1 Å². The molecule has 8 heteroatoms. The summed E-state index contributed by atoms with van der Waals surface area (Å²) in [7, 11) is 4.65. The Kier molecular flexibility index (Phi) is 4.50. The Morgan fingerprint density at radius 2 is 2.06 bits per heavy atom. The molecule has 0 saturated carbocycles. The van der Waals surface area contributed by atoms with E-state index in [2.05, 4.69) is 21.9 Å². The van der Waals surface area contributed by atoms with Crippen molar-refractivity contribution in [2.24, 2.45) is 0 Å². The van der Waals surface area contributed by atoms with Crippen LogP contribution in [0.15, 0.2) is 0 Å². The molecule has 1 aliphatic rings. The largest absolute Gasteiger partial charge is 0.465 e. The summed E-state index contributed by atoms with van der Waals surface area (Å²) < 4.78 is 5.56. The highest BCUT2D eigenvalue weighted by Crippen LogP contribution is 2.29. The third-order valence-corrected chi connectivity index (χ3v) is 2.91. The van der Waals surface area contributed by atoms with Crippen LogP contribution in [0.1, 0.15) is 0 Å². The van der Waals surface area contributed by atoms with Gasteiger partial charge in [-0.2, -0.15) is 0 Å². The lowest BCUT2D eigenvalue weighted by Gasteiger charge is -2.36. The van der Waals surface area contributed by atoms with Gasteiger partial charge in [0.25, 0.3) is 5.97 Å². The van der Waals surface area contributed by atoms with Gasteiger partial charge >= 0.3 is 6.09 Å². The summed E-state index contributed by atoms with van der Waals surface area (Å²) in [4.78, 5) is 12.3. The van der Waals surface area contributed by atoms with Gasteiger partial charge in [-0.25, -0.2) is 9.69 Å². The van der Waals surface area contributed by atoms with E-state index in [4.69, 9.17) is 11.2 Å². The minimum absolute atomic E-state index is 0.743. The Balaban J connectivity index is 3.21. The number of rotatable bonds is 4. The number of nitrogens with zero attached hydrogens (tertiary/aromatic N) is 1. The van der Waals surface area contributed by atoms with Gasteiger partial charge in [0.05, 0.1) is 0 Å². The third kappa shape index (κ3) is 2.14. The van der Waals surface area contributed by atoms with Crippen molar-refractivity contribution in [3.8, 4) is 12.3 Å². The Morgan fingerprint density at radius 1 is 1.50 bits per heavy atom. The molecule has 1 saturated heterocycles. The topological polar surface area (TPSA) is 106 Å². The SMILES string of the molecule is C#CC(O)[C@@H]1C(NC)OC(NC)(NC)N1C(=O)O. The predicted octanol–water partition coefficient (Wildman–Crippen LogP) is -2.05. The number of aliphatic hydroxyl groups is 1. The van der Waals surface area contributed by atoms with Crippen LogP contribution in [0.4, 0.5) is 4.79 Å². The Morgan fingerprint density at radius 3 is 2.39 bits per heavy atom. The van der Waals surface area contributed by atoms with Crippen LogP contribution in [0, 0.1) is 12.3 Å². The van der Waals surface area contributed by atoms with Crippen LogP contribution in [0.25, 0.3) is 0 Å². The minimum Gasteiger partial charge on any atom is -0.465 e. The standard InChI is InChI=1S/C10H18N4O4/c1-5-6(15)7-8(11-2)18-10(12-3,13-4)14(7)9(16)17/h1,6-8,11-13,15H,2-4H3,(H,16,17)/t6?,7-,8?/m1/s1. The molecular formula is C10H18N4O4. The molecule has 1 fully saturated rings. The highest BCUT2D eigenvalue weighted by molar-refractivity contribution is 5.67. The van der Waals surface area contributed by atoms with Crippen LogP contribution in [-0.2, 0) is 4.74 Å². The Bertz CT molecular complexity index is 352. The summed E-state index contributed by atoms with van der Waals surface area (Å²) in [6.45, 7) is 0. The molecule has 1 amide bonds. The van der Waals surface area contributed by atoms with Gasteiger partial charge in [0.1, 0.15) is 18.4 Å². The highest BCUT2D eigenvalue weighted by Gasteiger charge is 2.56. The molecule has 2 unspecified atom stereocenters. The first-order chi connectivity index (χ1) is 8.47. The molecule has 1 heterocycles.